The van der Waals surface area contributed by atoms with E-state index in [0.29, 0.717) is 12.0 Å². The molecule has 1 aromatic rings. The smallest absolute Gasteiger partial charge is 0.122 e. The second kappa shape index (κ2) is 7.13. The van der Waals surface area contributed by atoms with Crippen molar-refractivity contribution in [3.63, 3.8) is 0 Å². The minimum Gasteiger partial charge on any atom is -0.496 e. The molecule has 0 radical (unpaired) electrons. The second-order valence-corrected chi connectivity index (χ2v) is 5.44. The zero-order valence-electron chi connectivity index (χ0n) is 11.6. The molecule has 4 heteroatoms. The zero-order chi connectivity index (χ0) is 13.7. The average Bonchev–Trinajstić information content (AvgIpc) is 2.46. The van der Waals surface area contributed by atoms with E-state index < -0.39 is 0 Å². The number of hydrogen-bond donors (Lipinski definition) is 1. The van der Waals surface area contributed by atoms with Gasteiger partial charge in [-0.3, -0.25) is 0 Å². The van der Waals surface area contributed by atoms with Crippen LogP contribution in [0.5, 0.6) is 5.75 Å². The lowest BCUT2D eigenvalue weighted by atomic mass is 9.87. The van der Waals surface area contributed by atoms with Gasteiger partial charge in [0.05, 0.1) is 7.11 Å². The van der Waals surface area contributed by atoms with Crippen LogP contribution in [0.1, 0.15) is 18.4 Å². The number of likely N-dealkylation sites (N-methyl/N-ethyl adjacent to an activating group) is 1. The standard InChI is InChI=1S/C15H22ClNO2/c1-17-14(11-5-7-19-8-6-11)10-12-9-13(16)3-4-15(12)18-2/h3-4,9,11,14,17H,5-8,10H2,1-2H3. The number of rotatable bonds is 5. The zero-order valence-corrected chi connectivity index (χ0v) is 12.4. The molecule has 0 aliphatic carbocycles. The van der Waals surface area contributed by atoms with E-state index in [1.54, 1.807) is 7.11 Å². The van der Waals surface area contributed by atoms with Gasteiger partial charge in [0.2, 0.25) is 0 Å². The highest BCUT2D eigenvalue weighted by atomic mass is 35.5. The van der Waals surface area contributed by atoms with Crippen LogP contribution < -0.4 is 10.1 Å². The molecule has 0 spiro atoms. The summed E-state index contributed by atoms with van der Waals surface area (Å²) >= 11 is 6.09. The van der Waals surface area contributed by atoms with Crippen LogP contribution in [0.15, 0.2) is 18.2 Å². The van der Waals surface area contributed by atoms with Crippen LogP contribution in [0, 0.1) is 5.92 Å². The summed E-state index contributed by atoms with van der Waals surface area (Å²) in [4.78, 5) is 0. The van der Waals surface area contributed by atoms with Gasteiger partial charge < -0.3 is 14.8 Å². The van der Waals surface area contributed by atoms with Gasteiger partial charge >= 0.3 is 0 Å². The molecule has 1 heterocycles. The molecule has 1 fully saturated rings. The van der Waals surface area contributed by atoms with Crippen molar-refractivity contribution in [1.82, 2.24) is 5.32 Å². The molecular weight excluding hydrogens is 262 g/mol. The SMILES string of the molecule is CNC(Cc1cc(Cl)ccc1OC)C1CCOCC1. The number of hydrogen-bond acceptors (Lipinski definition) is 3. The third-order valence-corrected chi connectivity index (χ3v) is 4.12. The van der Waals surface area contributed by atoms with Crippen LogP contribution in [-0.2, 0) is 11.2 Å². The summed E-state index contributed by atoms with van der Waals surface area (Å²) in [6.07, 6.45) is 3.17. The van der Waals surface area contributed by atoms with Gasteiger partial charge in [0.25, 0.3) is 0 Å². The Balaban J connectivity index is 2.10. The summed E-state index contributed by atoms with van der Waals surface area (Å²) in [5.41, 5.74) is 1.17. The monoisotopic (exact) mass is 283 g/mol. The van der Waals surface area contributed by atoms with Crippen LogP contribution in [0.25, 0.3) is 0 Å². The van der Waals surface area contributed by atoms with E-state index in [4.69, 9.17) is 21.1 Å². The first-order valence-corrected chi connectivity index (χ1v) is 7.20. The lowest BCUT2D eigenvalue weighted by molar-refractivity contribution is 0.0547. The van der Waals surface area contributed by atoms with Crippen LogP contribution in [0.4, 0.5) is 0 Å². The Bertz CT molecular complexity index is 405. The molecule has 0 aromatic heterocycles. The molecule has 1 unspecified atom stereocenters. The van der Waals surface area contributed by atoms with Gasteiger partial charge in [0.15, 0.2) is 0 Å². The van der Waals surface area contributed by atoms with E-state index in [1.165, 1.54) is 5.56 Å². The molecule has 0 bridgehead atoms. The normalized spacial score (nSPS) is 18.3. The predicted molar refractivity (Wildman–Crippen MR) is 78.1 cm³/mol. The summed E-state index contributed by atoms with van der Waals surface area (Å²) in [6.45, 7) is 1.74. The maximum Gasteiger partial charge on any atom is 0.122 e. The molecule has 1 aromatic carbocycles. The van der Waals surface area contributed by atoms with Gasteiger partial charge in [-0.2, -0.15) is 0 Å². The Kier molecular flexibility index (Phi) is 5.49. The molecule has 2 rings (SSSR count). The highest BCUT2D eigenvalue weighted by molar-refractivity contribution is 6.30. The van der Waals surface area contributed by atoms with Gasteiger partial charge in [-0.1, -0.05) is 11.6 Å². The summed E-state index contributed by atoms with van der Waals surface area (Å²) in [7, 11) is 3.73. The maximum atomic E-state index is 6.09. The largest absolute Gasteiger partial charge is 0.496 e. The maximum absolute atomic E-state index is 6.09. The van der Waals surface area contributed by atoms with E-state index in [2.05, 4.69) is 5.32 Å². The van der Waals surface area contributed by atoms with Crippen molar-refractivity contribution < 1.29 is 9.47 Å². The lowest BCUT2D eigenvalue weighted by Gasteiger charge is -2.30. The highest BCUT2D eigenvalue weighted by Gasteiger charge is 2.24. The topological polar surface area (TPSA) is 30.5 Å². The summed E-state index contributed by atoms with van der Waals surface area (Å²) in [5, 5.41) is 4.20. The van der Waals surface area contributed by atoms with Crippen molar-refractivity contribution in [2.24, 2.45) is 5.92 Å². The third-order valence-electron chi connectivity index (χ3n) is 3.89. The molecule has 1 atom stereocenters. The molecular formula is C15H22ClNO2. The number of ether oxygens (including phenoxy) is 2. The van der Waals surface area contributed by atoms with Crippen molar-refractivity contribution in [3.05, 3.63) is 28.8 Å². The van der Waals surface area contributed by atoms with Crippen molar-refractivity contribution >= 4 is 11.6 Å². The molecule has 0 saturated carbocycles. The average molecular weight is 284 g/mol. The van der Waals surface area contributed by atoms with Crippen molar-refractivity contribution in [1.29, 1.82) is 0 Å². The Labute approximate surface area is 120 Å². The molecule has 1 aliphatic rings. The quantitative estimate of drug-likeness (QED) is 0.901. The number of methoxy groups -OCH3 is 1. The minimum absolute atomic E-state index is 0.441. The first-order valence-electron chi connectivity index (χ1n) is 6.82. The Morgan fingerprint density at radius 2 is 2.16 bits per heavy atom. The molecule has 1 saturated heterocycles. The Hall–Kier alpha value is -0.770. The van der Waals surface area contributed by atoms with Crippen LogP contribution in [0.3, 0.4) is 0 Å². The fourth-order valence-electron chi connectivity index (χ4n) is 2.77. The fraction of sp³-hybridized carbons (Fsp3) is 0.600. The molecule has 3 nitrogen and oxygen atoms in total. The van der Waals surface area contributed by atoms with Crippen LogP contribution >= 0.6 is 11.6 Å². The van der Waals surface area contributed by atoms with Gasteiger partial charge in [0.1, 0.15) is 5.75 Å². The molecule has 1 aliphatic heterocycles. The highest BCUT2D eigenvalue weighted by Crippen LogP contribution is 2.27. The van der Waals surface area contributed by atoms with Crippen molar-refractivity contribution in [2.75, 3.05) is 27.4 Å². The van der Waals surface area contributed by atoms with E-state index in [1.807, 2.05) is 25.2 Å². The molecule has 1 N–H and O–H groups in total. The van der Waals surface area contributed by atoms with Gasteiger partial charge in [-0.25, -0.2) is 0 Å². The lowest BCUT2D eigenvalue weighted by Crippen LogP contribution is -2.38. The van der Waals surface area contributed by atoms with Crippen LogP contribution in [-0.4, -0.2) is 33.4 Å². The van der Waals surface area contributed by atoms with E-state index in [9.17, 15) is 0 Å². The molecule has 106 valence electrons. The Morgan fingerprint density at radius 3 is 2.79 bits per heavy atom. The number of benzene rings is 1. The van der Waals surface area contributed by atoms with E-state index >= 15 is 0 Å². The second-order valence-electron chi connectivity index (χ2n) is 5.01. The number of halogens is 1. The number of nitrogens with one attached hydrogen (secondary N) is 1. The molecule has 0 amide bonds. The van der Waals surface area contributed by atoms with E-state index in [0.717, 1.165) is 43.2 Å². The first-order chi connectivity index (χ1) is 9.24. The van der Waals surface area contributed by atoms with Crippen molar-refractivity contribution in [3.8, 4) is 5.75 Å². The van der Waals surface area contributed by atoms with Crippen LogP contribution in [0.2, 0.25) is 5.02 Å². The summed E-state index contributed by atoms with van der Waals surface area (Å²) in [5.74, 6) is 1.57. The minimum atomic E-state index is 0.441. The Morgan fingerprint density at radius 1 is 1.42 bits per heavy atom. The van der Waals surface area contributed by atoms with Gasteiger partial charge in [-0.05, 0) is 56.0 Å². The van der Waals surface area contributed by atoms with Gasteiger partial charge in [0, 0.05) is 24.3 Å². The first kappa shape index (κ1) is 14.6. The summed E-state index contributed by atoms with van der Waals surface area (Å²) in [6, 6.07) is 6.25. The van der Waals surface area contributed by atoms with Crippen molar-refractivity contribution in [2.45, 2.75) is 25.3 Å². The van der Waals surface area contributed by atoms with Gasteiger partial charge in [-0.15, -0.1) is 0 Å². The summed E-state index contributed by atoms with van der Waals surface area (Å²) < 4.78 is 10.9. The third kappa shape index (κ3) is 3.85. The fourth-order valence-corrected chi connectivity index (χ4v) is 2.96. The van der Waals surface area contributed by atoms with E-state index in [-0.39, 0.29) is 0 Å². The molecule has 19 heavy (non-hydrogen) atoms. The predicted octanol–water partition coefficient (Wildman–Crippen LogP) is 2.91.